The Morgan fingerprint density at radius 3 is 2.82 bits per heavy atom. The normalized spacial score (nSPS) is 10.7. The Bertz CT molecular complexity index is 286. The quantitative estimate of drug-likeness (QED) is 0.673. The molecule has 0 aliphatic carbocycles. The Kier molecular flexibility index (Phi) is 2.54. The minimum Gasteiger partial charge on any atom is -0.307 e. The summed E-state index contributed by atoms with van der Waals surface area (Å²) in [5.74, 6) is 0. The number of nitrogens with one attached hydrogen (secondary N) is 1. The fourth-order valence-electron chi connectivity index (χ4n) is 0.840. The van der Waals surface area contributed by atoms with Gasteiger partial charge in [0.1, 0.15) is 0 Å². The molecular weight excluding hydrogens is 156 g/mol. The van der Waals surface area contributed by atoms with E-state index in [9.17, 15) is 0 Å². The van der Waals surface area contributed by atoms with Gasteiger partial charge < -0.3 is 5.41 Å². The van der Waals surface area contributed by atoms with Gasteiger partial charge in [-0.3, -0.25) is 0 Å². The van der Waals surface area contributed by atoms with E-state index in [0.29, 0.717) is 0 Å². The third-order valence-corrected chi connectivity index (χ3v) is 2.18. The van der Waals surface area contributed by atoms with Crippen LogP contribution in [0.15, 0.2) is 6.08 Å². The first-order valence-corrected chi connectivity index (χ1v) is 4.20. The van der Waals surface area contributed by atoms with Gasteiger partial charge >= 0.3 is 0 Å². The summed E-state index contributed by atoms with van der Waals surface area (Å²) >= 11 is 1.55. The molecule has 0 unspecified atom stereocenters. The van der Waals surface area contributed by atoms with E-state index in [0.717, 1.165) is 15.6 Å². The highest BCUT2D eigenvalue weighted by molar-refractivity contribution is 7.13. The van der Waals surface area contributed by atoms with Crippen LogP contribution in [0.5, 0.6) is 0 Å². The standard InChI is InChI=1S/C8H10N2S/c1-3-4-7-8(5-9)11-6(2)10-7/h3-5,9H,1-2H3/b4-3-,9-5?. The molecule has 0 aliphatic heterocycles. The minimum absolute atomic E-state index is 0.907. The van der Waals surface area contributed by atoms with Crippen molar-refractivity contribution in [3.05, 3.63) is 21.7 Å². The molecule has 0 saturated heterocycles. The van der Waals surface area contributed by atoms with Gasteiger partial charge in [-0.05, 0) is 19.9 Å². The summed E-state index contributed by atoms with van der Waals surface area (Å²) in [6.07, 6.45) is 5.20. The highest BCUT2D eigenvalue weighted by Gasteiger charge is 2.01. The second-order valence-electron chi connectivity index (χ2n) is 2.13. The number of hydrogen-bond donors (Lipinski definition) is 1. The summed E-state index contributed by atoms with van der Waals surface area (Å²) in [7, 11) is 0. The van der Waals surface area contributed by atoms with Crippen molar-refractivity contribution in [2.45, 2.75) is 13.8 Å². The first-order valence-electron chi connectivity index (χ1n) is 3.38. The summed E-state index contributed by atoms with van der Waals surface area (Å²) in [4.78, 5) is 5.18. The Hall–Kier alpha value is -0.960. The molecule has 0 bridgehead atoms. The van der Waals surface area contributed by atoms with E-state index in [1.165, 1.54) is 6.21 Å². The number of nitrogens with zero attached hydrogens (tertiary/aromatic N) is 1. The van der Waals surface area contributed by atoms with Gasteiger partial charge in [-0.15, -0.1) is 11.3 Å². The zero-order chi connectivity index (χ0) is 8.27. The second kappa shape index (κ2) is 3.44. The van der Waals surface area contributed by atoms with E-state index in [1.807, 2.05) is 26.0 Å². The zero-order valence-electron chi connectivity index (χ0n) is 6.59. The monoisotopic (exact) mass is 166 g/mol. The van der Waals surface area contributed by atoms with Gasteiger partial charge in [-0.1, -0.05) is 6.08 Å². The third kappa shape index (κ3) is 1.74. The van der Waals surface area contributed by atoms with Gasteiger partial charge in [0.25, 0.3) is 0 Å². The van der Waals surface area contributed by atoms with Gasteiger partial charge in [0.15, 0.2) is 0 Å². The fraction of sp³-hybridized carbons (Fsp3) is 0.250. The lowest BCUT2D eigenvalue weighted by molar-refractivity contribution is 1.27. The summed E-state index contributed by atoms with van der Waals surface area (Å²) in [6, 6.07) is 0. The number of rotatable bonds is 2. The largest absolute Gasteiger partial charge is 0.307 e. The predicted octanol–water partition coefficient (Wildman–Crippen LogP) is 2.48. The molecule has 0 radical (unpaired) electrons. The number of allylic oxidation sites excluding steroid dienone is 1. The maximum Gasteiger partial charge on any atom is 0.0908 e. The Labute approximate surface area is 70.1 Å². The smallest absolute Gasteiger partial charge is 0.0908 e. The molecule has 1 aromatic rings. The van der Waals surface area contributed by atoms with Crippen molar-refractivity contribution in [3.63, 3.8) is 0 Å². The Balaban J connectivity index is 3.11. The van der Waals surface area contributed by atoms with Crippen LogP contribution in [0.3, 0.4) is 0 Å². The summed E-state index contributed by atoms with van der Waals surface area (Å²) in [6.45, 7) is 3.90. The Morgan fingerprint density at radius 2 is 2.27 bits per heavy atom. The highest BCUT2D eigenvalue weighted by Crippen LogP contribution is 2.16. The van der Waals surface area contributed by atoms with E-state index in [1.54, 1.807) is 11.3 Å². The van der Waals surface area contributed by atoms with Crippen LogP contribution in [-0.4, -0.2) is 11.2 Å². The highest BCUT2D eigenvalue weighted by atomic mass is 32.1. The topological polar surface area (TPSA) is 36.7 Å². The average molecular weight is 166 g/mol. The number of aromatic nitrogens is 1. The van der Waals surface area contributed by atoms with E-state index in [4.69, 9.17) is 5.41 Å². The molecule has 0 amide bonds. The molecular formula is C8H10N2S. The van der Waals surface area contributed by atoms with Crippen molar-refractivity contribution in [3.8, 4) is 0 Å². The summed E-state index contributed by atoms with van der Waals surface area (Å²) in [5, 5.41) is 8.10. The summed E-state index contributed by atoms with van der Waals surface area (Å²) in [5.41, 5.74) is 0.907. The van der Waals surface area contributed by atoms with E-state index in [-0.39, 0.29) is 0 Å². The lowest BCUT2D eigenvalue weighted by atomic mass is 10.3. The van der Waals surface area contributed by atoms with Crippen LogP contribution >= 0.6 is 11.3 Å². The first kappa shape index (κ1) is 8.14. The molecule has 0 fully saturated rings. The molecule has 11 heavy (non-hydrogen) atoms. The molecule has 3 heteroatoms. The molecule has 0 aliphatic rings. The SMILES string of the molecule is C/C=C\c1nc(C)sc1C=N. The summed E-state index contributed by atoms with van der Waals surface area (Å²) < 4.78 is 0. The van der Waals surface area contributed by atoms with Gasteiger partial charge in [-0.2, -0.15) is 0 Å². The van der Waals surface area contributed by atoms with Gasteiger partial charge in [-0.25, -0.2) is 4.98 Å². The average Bonchev–Trinajstić information content (AvgIpc) is 2.32. The number of aryl methyl sites for hydroxylation is 1. The zero-order valence-corrected chi connectivity index (χ0v) is 7.40. The number of thiazole rings is 1. The van der Waals surface area contributed by atoms with Crippen LogP contribution < -0.4 is 0 Å². The molecule has 58 valence electrons. The molecule has 0 saturated carbocycles. The van der Waals surface area contributed by atoms with Crippen LogP contribution in [0.4, 0.5) is 0 Å². The van der Waals surface area contributed by atoms with Crippen LogP contribution in [0.1, 0.15) is 22.5 Å². The molecule has 1 rings (SSSR count). The van der Waals surface area contributed by atoms with Crippen molar-refractivity contribution in [1.29, 1.82) is 5.41 Å². The molecule has 1 aromatic heterocycles. The van der Waals surface area contributed by atoms with Crippen molar-refractivity contribution >= 4 is 23.6 Å². The van der Waals surface area contributed by atoms with Crippen LogP contribution in [0, 0.1) is 12.3 Å². The molecule has 1 N–H and O–H groups in total. The maximum atomic E-state index is 7.09. The lowest BCUT2D eigenvalue weighted by Gasteiger charge is -1.83. The second-order valence-corrected chi connectivity index (χ2v) is 3.36. The van der Waals surface area contributed by atoms with Crippen LogP contribution in [-0.2, 0) is 0 Å². The van der Waals surface area contributed by atoms with Crippen molar-refractivity contribution < 1.29 is 0 Å². The number of hydrogen-bond acceptors (Lipinski definition) is 3. The van der Waals surface area contributed by atoms with Crippen LogP contribution in [0.2, 0.25) is 0 Å². The van der Waals surface area contributed by atoms with Gasteiger partial charge in [0, 0.05) is 6.21 Å². The van der Waals surface area contributed by atoms with Gasteiger partial charge in [0.05, 0.1) is 15.6 Å². The molecule has 0 spiro atoms. The predicted molar refractivity (Wildman–Crippen MR) is 49.4 cm³/mol. The molecule has 2 nitrogen and oxygen atoms in total. The molecule has 0 atom stereocenters. The molecule has 0 aromatic carbocycles. The molecule has 1 heterocycles. The third-order valence-electron chi connectivity index (χ3n) is 1.24. The maximum absolute atomic E-state index is 7.09. The van der Waals surface area contributed by atoms with Crippen molar-refractivity contribution in [2.75, 3.05) is 0 Å². The lowest BCUT2D eigenvalue weighted by Crippen LogP contribution is -1.78. The van der Waals surface area contributed by atoms with Gasteiger partial charge in [0.2, 0.25) is 0 Å². The Morgan fingerprint density at radius 1 is 1.55 bits per heavy atom. The van der Waals surface area contributed by atoms with Crippen molar-refractivity contribution in [1.82, 2.24) is 4.98 Å². The van der Waals surface area contributed by atoms with Crippen LogP contribution in [0.25, 0.3) is 6.08 Å². The fourth-order valence-corrected chi connectivity index (χ4v) is 1.58. The van der Waals surface area contributed by atoms with Crippen molar-refractivity contribution in [2.24, 2.45) is 0 Å². The van der Waals surface area contributed by atoms with E-state index < -0.39 is 0 Å². The van der Waals surface area contributed by atoms with E-state index in [2.05, 4.69) is 4.98 Å². The van der Waals surface area contributed by atoms with E-state index >= 15 is 0 Å². The first-order chi connectivity index (χ1) is 5.27. The minimum atomic E-state index is 0.907.